The Labute approximate surface area is 72.2 Å². The Kier molecular flexibility index (Phi) is 12.0. The minimum atomic E-state index is -0.514. The molecule has 0 radical (unpaired) electrons. The Morgan fingerprint density at radius 1 is 1.42 bits per heavy atom. The molecule has 5 heteroatoms. The van der Waals surface area contributed by atoms with Crippen LogP contribution < -0.4 is 0 Å². The van der Waals surface area contributed by atoms with Crippen molar-refractivity contribution < 1.29 is 24.4 Å². The molecule has 1 atom stereocenters. The van der Waals surface area contributed by atoms with Crippen LogP contribution in [0.25, 0.3) is 0 Å². The highest BCUT2D eigenvalue weighted by molar-refractivity contribution is 5.73. The molecule has 0 fully saturated rings. The summed E-state index contributed by atoms with van der Waals surface area (Å²) in [5, 5.41) is 7.00. The summed E-state index contributed by atoms with van der Waals surface area (Å²) in [6.07, 6.45) is 0.0681. The van der Waals surface area contributed by atoms with Crippen molar-refractivity contribution in [1.29, 1.82) is 0 Å². The van der Waals surface area contributed by atoms with Gasteiger partial charge in [0.05, 0.1) is 7.11 Å². The van der Waals surface area contributed by atoms with Crippen molar-refractivity contribution in [2.75, 3.05) is 21.3 Å². The smallest absolute Gasteiger partial charge is 0.370 e. The minimum Gasteiger partial charge on any atom is -0.400 e. The van der Waals surface area contributed by atoms with Crippen molar-refractivity contribution >= 4 is 5.97 Å². The van der Waals surface area contributed by atoms with E-state index in [9.17, 15) is 4.79 Å². The second-order valence-electron chi connectivity index (χ2n) is 1.70. The zero-order valence-corrected chi connectivity index (χ0v) is 7.86. The van der Waals surface area contributed by atoms with Crippen LogP contribution in [0.3, 0.4) is 0 Å². The summed E-state index contributed by atoms with van der Waals surface area (Å²) in [4.78, 5) is 19.1. The summed E-state index contributed by atoms with van der Waals surface area (Å²) >= 11 is 0. The lowest BCUT2D eigenvalue weighted by molar-refractivity contribution is -0.263. The van der Waals surface area contributed by atoms with Gasteiger partial charge in [-0.05, 0) is 6.42 Å². The summed E-state index contributed by atoms with van der Waals surface area (Å²) in [7, 11) is 3.73. The Morgan fingerprint density at radius 3 is 2.17 bits per heavy atom. The van der Waals surface area contributed by atoms with E-state index in [2.05, 4.69) is 9.78 Å². The molecule has 0 rings (SSSR count). The highest BCUT2D eigenvalue weighted by atomic mass is 17.2. The van der Waals surface area contributed by atoms with Crippen LogP contribution >= 0.6 is 0 Å². The first-order valence-electron chi connectivity index (χ1n) is 3.48. The van der Waals surface area contributed by atoms with Gasteiger partial charge < -0.3 is 9.84 Å². The van der Waals surface area contributed by atoms with E-state index in [1.54, 1.807) is 0 Å². The average molecular weight is 180 g/mol. The van der Waals surface area contributed by atoms with Gasteiger partial charge in [-0.25, -0.2) is 4.79 Å². The molecule has 0 amide bonds. The lowest BCUT2D eigenvalue weighted by Gasteiger charge is -2.08. The van der Waals surface area contributed by atoms with Crippen LogP contribution in [-0.4, -0.2) is 38.5 Å². The highest BCUT2D eigenvalue weighted by Crippen LogP contribution is 1.98. The molecular weight excluding hydrogens is 164 g/mol. The lowest BCUT2D eigenvalue weighted by Crippen LogP contribution is -2.24. The van der Waals surface area contributed by atoms with E-state index in [0.717, 1.165) is 7.11 Å². The fraction of sp³-hybridized carbons (Fsp3) is 0.857. The summed E-state index contributed by atoms with van der Waals surface area (Å²) in [5.41, 5.74) is 0. The van der Waals surface area contributed by atoms with E-state index >= 15 is 0 Å². The summed E-state index contributed by atoms with van der Waals surface area (Å²) in [6.45, 7) is 1.82. The van der Waals surface area contributed by atoms with Crippen molar-refractivity contribution in [2.24, 2.45) is 0 Å². The van der Waals surface area contributed by atoms with E-state index in [1.807, 2.05) is 6.92 Å². The molecule has 0 aliphatic carbocycles. The quantitative estimate of drug-likeness (QED) is 0.492. The Bertz CT molecular complexity index is 100.0. The molecule has 1 N–H and O–H groups in total. The molecule has 0 spiro atoms. The van der Waals surface area contributed by atoms with Gasteiger partial charge in [-0.2, -0.15) is 4.89 Å². The third-order valence-corrected chi connectivity index (χ3v) is 1.08. The topological polar surface area (TPSA) is 65.0 Å². The van der Waals surface area contributed by atoms with Crippen molar-refractivity contribution in [2.45, 2.75) is 19.4 Å². The predicted molar refractivity (Wildman–Crippen MR) is 42.3 cm³/mol. The van der Waals surface area contributed by atoms with Crippen LogP contribution in [0.5, 0.6) is 0 Å². The average Bonchev–Trinajstić information content (AvgIpc) is 2.11. The molecule has 0 aromatic heterocycles. The molecule has 0 heterocycles. The Morgan fingerprint density at radius 2 is 1.92 bits per heavy atom. The molecule has 74 valence electrons. The first kappa shape index (κ1) is 13.9. The number of hydrogen-bond donors (Lipinski definition) is 1. The third-order valence-electron chi connectivity index (χ3n) is 1.08. The zero-order valence-electron chi connectivity index (χ0n) is 7.86. The summed E-state index contributed by atoms with van der Waals surface area (Å²) in [6, 6.07) is 0. The number of hydrogen-bond acceptors (Lipinski definition) is 5. The van der Waals surface area contributed by atoms with E-state index in [4.69, 9.17) is 9.84 Å². The first-order chi connectivity index (χ1) is 5.76. The maximum absolute atomic E-state index is 10.7. The maximum Gasteiger partial charge on any atom is 0.370 e. The molecule has 5 nitrogen and oxygen atoms in total. The maximum atomic E-state index is 10.7. The van der Waals surface area contributed by atoms with Crippen LogP contribution in [0.1, 0.15) is 13.3 Å². The van der Waals surface area contributed by atoms with Gasteiger partial charge in [0, 0.05) is 14.2 Å². The molecule has 1 unspecified atom stereocenters. The lowest BCUT2D eigenvalue weighted by atomic mass is 10.3. The van der Waals surface area contributed by atoms with Crippen LogP contribution in [0.15, 0.2) is 0 Å². The van der Waals surface area contributed by atoms with Crippen molar-refractivity contribution in [3.63, 3.8) is 0 Å². The number of methoxy groups -OCH3 is 1. The van der Waals surface area contributed by atoms with E-state index in [-0.39, 0.29) is 0 Å². The summed E-state index contributed by atoms with van der Waals surface area (Å²) in [5.74, 6) is -0.493. The number of rotatable bonds is 4. The Hall–Kier alpha value is -0.650. The Balaban J connectivity index is 0. The van der Waals surface area contributed by atoms with Crippen molar-refractivity contribution in [1.82, 2.24) is 0 Å². The molecule has 0 aliphatic heterocycles. The largest absolute Gasteiger partial charge is 0.400 e. The number of aliphatic hydroxyl groups excluding tert-OH is 1. The molecule has 0 aromatic rings. The van der Waals surface area contributed by atoms with Gasteiger partial charge in [0.25, 0.3) is 0 Å². The number of carbonyl (C=O) groups excluding carboxylic acids is 1. The minimum absolute atomic E-state index is 0.493. The van der Waals surface area contributed by atoms with Crippen molar-refractivity contribution in [3.8, 4) is 0 Å². The van der Waals surface area contributed by atoms with E-state index < -0.39 is 12.1 Å². The third kappa shape index (κ3) is 6.09. The molecular formula is C7H16O5. The monoisotopic (exact) mass is 180 g/mol. The first-order valence-corrected chi connectivity index (χ1v) is 3.48. The fourth-order valence-electron chi connectivity index (χ4n) is 0.565. The molecule has 0 aromatic carbocycles. The highest BCUT2D eigenvalue weighted by Gasteiger charge is 2.17. The molecule has 0 bridgehead atoms. The number of aliphatic hydroxyl groups is 1. The predicted octanol–water partition coefficient (Wildman–Crippen LogP) is 0.125. The van der Waals surface area contributed by atoms with E-state index in [0.29, 0.717) is 6.42 Å². The molecule has 12 heavy (non-hydrogen) atoms. The van der Waals surface area contributed by atoms with Gasteiger partial charge in [-0.3, -0.25) is 4.89 Å². The van der Waals surface area contributed by atoms with Crippen LogP contribution in [0.2, 0.25) is 0 Å². The van der Waals surface area contributed by atoms with Gasteiger partial charge in [0.1, 0.15) is 0 Å². The van der Waals surface area contributed by atoms with Crippen molar-refractivity contribution in [3.05, 3.63) is 0 Å². The second-order valence-corrected chi connectivity index (χ2v) is 1.70. The number of carbonyl (C=O) groups is 1. The SMILES string of the molecule is CCC(OC)C(=O)OOC.CO. The van der Waals surface area contributed by atoms with Crippen LogP contribution in [0.4, 0.5) is 0 Å². The van der Waals surface area contributed by atoms with Gasteiger partial charge >= 0.3 is 5.97 Å². The van der Waals surface area contributed by atoms with Crippen LogP contribution in [0, 0.1) is 0 Å². The van der Waals surface area contributed by atoms with Crippen LogP contribution in [-0.2, 0) is 19.3 Å². The van der Waals surface area contributed by atoms with E-state index in [1.165, 1.54) is 14.2 Å². The van der Waals surface area contributed by atoms with Gasteiger partial charge in [0.15, 0.2) is 6.10 Å². The normalized spacial score (nSPS) is 11.1. The molecule has 0 saturated heterocycles. The molecule has 0 saturated carbocycles. The zero-order chi connectivity index (χ0) is 9.98. The van der Waals surface area contributed by atoms with Gasteiger partial charge in [0.2, 0.25) is 0 Å². The second kappa shape index (κ2) is 10.3. The van der Waals surface area contributed by atoms with Gasteiger partial charge in [-0.1, -0.05) is 6.92 Å². The molecule has 0 aliphatic rings. The van der Waals surface area contributed by atoms with Gasteiger partial charge in [-0.15, -0.1) is 0 Å². The summed E-state index contributed by atoms with van der Waals surface area (Å²) < 4.78 is 4.76. The standard InChI is InChI=1S/C6H12O4.CH4O/c1-4-5(8-2)6(7)10-9-3;1-2/h5H,4H2,1-3H3;2H,1H3. The number of ether oxygens (including phenoxy) is 1. The fourth-order valence-corrected chi connectivity index (χ4v) is 0.565.